The van der Waals surface area contributed by atoms with E-state index in [9.17, 15) is 9.59 Å². The molecule has 0 spiro atoms. The van der Waals surface area contributed by atoms with Gasteiger partial charge in [-0.1, -0.05) is 0 Å². The van der Waals surface area contributed by atoms with Crippen LogP contribution in [0.15, 0.2) is 0 Å². The molecular weight excluding hydrogens is 194 g/mol. The van der Waals surface area contributed by atoms with Crippen LogP contribution in [0.5, 0.6) is 0 Å². The SMILES string of the molecule is CNCCC(=O)N1CCC(C)(C(N)=O)C1. The molecule has 5 nitrogen and oxygen atoms in total. The summed E-state index contributed by atoms with van der Waals surface area (Å²) in [5.41, 5.74) is 4.77. The lowest BCUT2D eigenvalue weighted by Gasteiger charge is -2.21. The van der Waals surface area contributed by atoms with E-state index in [-0.39, 0.29) is 11.8 Å². The number of nitrogens with zero attached hydrogens (tertiary/aromatic N) is 1. The molecule has 1 rings (SSSR count). The average molecular weight is 213 g/mol. The fraction of sp³-hybridized carbons (Fsp3) is 0.800. The molecule has 0 bridgehead atoms. The number of nitrogens with one attached hydrogen (secondary N) is 1. The molecule has 86 valence electrons. The number of hydrogen-bond acceptors (Lipinski definition) is 3. The number of rotatable bonds is 4. The van der Waals surface area contributed by atoms with Crippen molar-refractivity contribution in [1.29, 1.82) is 0 Å². The highest BCUT2D eigenvalue weighted by atomic mass is 16.2. The maximum Gasteiger partial charge on any atom is 0.225 e. The van der Waals surface area contributed by atoms with Crippen LogP contribution in [-0.2, 0) is 9.59 Å². The monoisotopic (exact) mass is 213 g/mol. The van der Waals surface area contributed by atoms with Crippen molar-refractivity contribution in [2.24, 2.45) is 11.1 Å². The number of primary amides is 1. The highest BCUT2D eigenvalue weighted by Crippen LogP contribution is 2.29. The van der Waals surface area contributed by atoms with Crippen LogP contribution in [0.2, 0.25) is 0 Å². The van der Waals surface area contributed by atoms with E-state index in [0.29, 0.717) is 32.5 Å². The molecule has 1 unspecified atom stereocenters. The Bertz CT molecular complexity index is 267. The minimum Gasteiger partial charge on any atom is -0.369 e. The Hall–Kier alpha value is -1.10. The van der Waals surface area contributed by atoms with Crippen LogP contribution in [0.4, 0.5) is 0 Å². The summed E-state index contributed by atoms with van der Waals surface area (Å²) in [4.78, 5) is 24.6. The Morgan fingerprint density at radius 1 is 1.53 bits per heavy atom. The van der Waals surface area contributed by atoms with Gasteiger partial charge in [-0.25, -0.2) is 0 Å². The zero-order valence-electron chi connectivity index (χ0n) is 9.38. The van der Waals surface area contributed by atoms with E-state index in [1.54, 1.807) is 4.90 Å². The average Bonchev–Trinajstić information content (AvgIpc) is 2.59. The molecule has 3 N–H and O–H groups in total. The number of likely N-dealkylation sites (tertiary alicyclic amines) is 1. The summed E-state index contributed by atoms with van der Waals surface area (Å²) < 4.78 is 0. The molecule has 0 aliphatic carbocycles. The van der Waals surface area contributed by atoms with Gasteiger partial charge in [0.1, 0.15) is 0 Å². The molecule has 0 radical (unpaired) electrons. The maximum absolute atomic E-state index is 11.6. The first-order chi connectivity index (χ1) is 6.99. The topological polar surface area (TPSA) is 75.4 Å². The quantitative estimate of drug-likeness (QED) is 0.649. The van der Waals surface area contributed by atoms with Gasteiger partial charge in [0.2, 0.25) is 11.8 Å². The standard InChI is InChI=1S/C10H19N3O2/c1-10(9(11)15)4-6-13(7-10)8(14)3-5-12-2/h12H,3-7H2,1-2H3,(H2,11,15). The van der Waals surface area contributed by atoms with Gasteiger partial charge in [-0.3, -0.25) is 9.59 Å². The van der Waals surface area contributed by atoms with Gasteiger partial charge in [-0.05, 0) is 20.4 Å². The van der Waals surface area contributed by atoms with Gasteiger partial charge >= 0.3 is 0 Å². The predicted molar refractivity (Wildman–Crippen MR) is 57.0 cm³/mol. The third-order valence-electron chi connectivity index (χ3n) is 3.01. The smallest absolute Gasteiger partial charge is 0.225 e. The lowest BCUT2D eigenvalue weighted by atomic mass is 9.89. The van der Waals surface area contributed by atoms with Crippen LogP contribution in [0.25, 0.3) is 0 Å². The second-order valence-corrected chi connectivity index (χ2v) is 4.34. The van der Waals surface area contributed by atoms with Gasteiger partial charge in [0.25, 0.3) is 0 Å². The van der Waals surface area contributed by atoms with Gasteiger partial charge in [-0.15, -0.1) is 0 Å². The fourth-order valence-corrected chi connectivity index (χ4v) is 1.77. The molecule has 1 fully saturated rings. The van der Waals surface area contributed by atoms with Crippen LogP contribution < -0.4 is 11.1 Å². The van der Waals surface area contributed by atoms with Crippen LogP contribution in [0, 0.1) is 5.41 Å². The van der Waals surface area contributed by atoms with E-state index in [2.05, 4.69) is 5.32 Å². The molecule has 1 heterocycles. The van der Waals surface area contributed by atoms with Crippen molar-refractivity contribution in [3.05, 3.63) is 0 Å². The summed E-state index contributed by atoms with van der Waals surface area (Å²) in [5, 5.41) is 2.93. The van der Waals surface area contributed by atoms with Crippen molar-refractivity contribution in [3.8, 4) is 0 Å². The van der Waals surface area contributed by atoms with Crippen LogP contribution in [-0.4, -0.2) is 43.4 Å². The van der Waals surface area contributed by atoms with Gasteiger partial charge in [-0.2, -0.15) is 0 Å². The second kappa shape index (κ2) is 4.61. The minimum absolute atomic E-state index is 0.0920. The zero-order chi connectivity index (χ0) is 11.5. The number of hydrogen-bond donors (Lipinski definition) is 2. The lowest BCUT2D eigenvalue weighted by Crippen LogP contribution is -2.39. The number of carbonyl (C=O) groups is 2. The van der Waals surface area contributed by atoms with Crippen molar-refractivity contribution in [2.45, 2.75) is 19.8 Å². The largest absolute Gasteiger partial charge is 0.369 e. The Morgan fingerprint density at radius 2 is 2.20 bits per heavy atom. The van der Waals surface area contributed by atoms with Gasteiger partial charge < -0.3 is 16.0 Å². The van der Waals surface area contributed by atoms with E-state index in [4.69, 9.17) is 5.73 Å². The Kier molecular flexibility index (Phi) is 3.68. The first-order valence-electron chi connectivity index (χ1n) is 5.22. The van der Waals surface area contributed by atoms with Crippen molar-refractivity contribution < 1.29 is 9.59 Å². The Labute approximate surface area is 90.0 Å². The Balaban J connectivity index is 2.49. The van der Waals surface area contributed by atoms with Crippen molar-refractivity contribution in [2.75, 3.05) is 26.7 Å². The summed E-state index contributed by atoms with van der Waals surface area (Å²) in [7, 11) is 1.81. The molecule has 2 amide bonds. The van der Waals surface area contributed by atoms with Crippen LogP contribution in [0.1, 0.15) is 19.8 Å². The molecule has 0 aromatic rings. The molecule has 0 aromatic heterocycles. The van der Waals surface area contributed by atoms with Gasteiger partial charge in [0, 0.05) is 26.1 Å². The van der Waals surface area contributed by atoms with Crippen molar-refractivity contribution >= 4 is 11.8 Å². The zero-order valence-corrected chi connectivity index (χ0v) is 9.38. The van der Waals surface area contributed by atoms with E-state index in [0.717, 1.165) is 0 Å². The number of amides is 2. The molecule has 0 aromatic carbocycles. The van der Waals surface area contributed by atoms with E-state index < -0.39 is 5.41 Å². The van der Waals surface area contributed by atoms with E-state index in [1.165, 1.54) is 0 Å². The first kappa shape index (κ1) is 12.0. The van der Waals surface area contributed by atoms with Gasteiger partial charge in [0.05, 0.1) is 5.41 Å². The molecule has 0 saturated carbocycles. The molecule has 1 saturated heterocycles. The highest BCUT2D eigenvalue weighted by molar-refractivity contribution is 5.83. The molecule has 1 aliphatic rings. The molecule has 15 heavy (non-hydrogen) atoms. The summed E-state index contributed by atoms with van der Waals surface area (Å²) >= 11 is 0. The van der Waals surface area contributed by atoms with Crippen molar-refractivity contribution in [3.63, 3.8) is 0 Å². The maximum atomic E-state index is 11.6. The van der Waals surface area contributed by atoms with E-state index >= 15 is 0 Å². The summed E-state index contributed by atoms with van der Waals surface area (Å²) in [6, 6.07) is 0. The molecule has 5 heteroatoms. The first-order valence-corrected chi connectivity index (χ1v) is 5.22. The summed E-state index contributed by atoms with van der Waals surface area (Å²) in [6.07, 6.45) is 1.15. The number of nitrogens with two attached hydrogens (primary N) is 1. The normalized spacial score (nSPS) is 25.6. The lowest BCUT2D eigenvalue weighted by molar-refractivity contribution is -0.131. The molecular formula is C10H19N3O2. The summed E-state index contributed by atoms with van der Waals surface area (Å²) in [6.45, 7) is 3.59. The van der Waals surface area contributed by atoms with Crippen LogP contribution in [0.3, 0.4) is 0 Å². The predicted octanol–water partition coefficient (Wildman–Crippen LogP) is -0.680. The molecule has 1 aliphatic heterocycles. The molecule has 1 atom stereocenters. The summed E-state index contributed by atoms with van der Waals surface area (Å²) in [5.74, 6) is -0.222. The number of carbonyl (C=O) groups excluding carboxylic acids is 2. The third-order valence-corrected chi connectivity index (χ3v) is 3.01. The third kappa shape index (κ3) is 2.68. The fourth-order valence-electron chi connectivity index (χ4n) is 1.77. The second-order valence-electron chi connectivity index (χ2n) is 4.34. The van der Waals surface area contributed by atoms with E-state index in [1.807, 2.05) is 14.0 Å². The van der Waals surface area contributed by atoms with Gasteiger partial charge in [0.15, 0.2) is 0 Å². The van der Waals surface area contributed by atoms with Crippen LogP contribution >= 0.6 is 0 Å². The minimum atomic E-state index is -0.532. The Morgan fingerprint density at radius 3 is 2.67 bits per heavy atom. The van der Waals surface area contributed by atoms with Crippen molar-refractivity contribution in [1.82, 2.24) is 10.2 Å². The highest BCUT2D eigenvalue weighted by Gasteiger charge is 2.40.